The van der Waals surface area contributed by atoms with Crippen LogP contribution in [0.25, 0.3) is 0 Å². The molecule has 0 aliphatic carbocycles. The zero-order valence-corrected chi connectivity index (χ0v) is 10.4. The second kappa shape index (κ2) is 4.51. The van der Waals surface area contributed by atoms with Gasteiger partial charge >= 0.3 is 0 Å². The molecule has 2 nitrogen and oxygen atoms in total. The van der Waals surface area contributed by atoms with Gasteiger partial charge < -0.3 is 5.11 Å². The summed E-state index contributed by atoms with van der Waals surface area (Å²) in [5.41, 5.74) is 2.66. The third kappa shape index (κ3) is 2.35. The molecular formula is C14H15NOS. The Balaban J connectivity index is 1.72. The molecule has 1 aromatic carbocycles. The van der Waals surface area contributed by atoms with Crippen LogP contribution in [-0.2, 0) is 19.5 Å². The predicted molar refractivity (Wildman–Crippen MR) is 70.2 cm³/mol. The largest absolute Gasteiger partial charge is 0.508 e. The molecule has 3 heteroatoms. The van der Waals surface area contributed by atoms with E-state index in [9.17, 15) is 5.11 Å². The average Bonchev–Trinajstić information content (AvgIpc) is 2.76. The van der Waals surface area contributed by atoms with E-state index < -0.39 is 0 Å². The zero-order valence-electron chi connectivity index (χ0n) is 9.60. The number of nitrogens with zero attached hydrogens (tertiary/aromatic N) is 1. The third-order valence-corrected chi connectivity index (χ3v) is 4.23. The number of rotatable bonds is 2. The number of benzene rings is 1. The van der Waals surface area contributed by atoms with Gasteiger partial charge in [0.25, 0.3) is 0 Å². The second-order valence-electron chi connectivity index (χ2n) is 4.50. The number of aromatic hydroxyl groups is 1. The lowest BCUT2D eigenvalue weighted by Crippen LogP contribution is -2.29. The molecule has 0 fully saturated rings. The molecule has 2 heterocycles. The van der Waals surface area contributed by atoms with Gasteiger partial charge in [-0.05, 0) is 41.1 Å². The smallest absolute Gasteiger partial charge is 0.115 e. The summed E-state index contributed by atoms with van der Waals surface area (Å²) in [5, 5.41) is 11.6. The van der Waals surface area contributed by atoms with Crippen LogP contribution < -0.4 is 0 Å². The number of fused-ring (bicyclic) bond motifs is 1. The van der Waals surface area contributed by atoms with Gasteiger partial charge in [-0.15, -0.1) is 11.3 Å². The quantitative estimate of drug-likeness (QED) is 0.879. The van der Waals surface area contributed by atoms with Crippen molar-refractivity contribution >= 4 is 11.3 Å². The third-order valence-electron chi connectivity index (χ3n) is 3.20. The molecule has 0 bridgehead atoms. The summed E-state index contributed by atoms with van der Waals surface area (Å²) in [7, 11) is 0. The van der Waals surface area contributed by atoms with Crippen LogP contribution in [0.2, 0.25) is 0 Å². The first kappa shape index (κ1) is 10.8. The fourth-order valence-electron chi connectivity index (χ4n) is 2.35. The molecule has 0 saturated heterocycles. The normalized spacial score (nSPS) is 15.8. The summed E-state index contributed by atoms with van der Waals surface area (Å²) in [6, 6.07) is 9.78. The van der Waals surface area contributed by atoms with Gasteiger partial charge in [0.1, 0.15) is 5.75 Å². The van der Waals surface area contributed by atoms with Crippen molar-refractivity contribution in [3.8, 4) is 5.75 Å². The minimum atomic E-state index is 0.357. The van der Waals surface area contributed by atoms with Crippen molar-refractivity contribution in [1.29, 1.82) is 0 Å². The van der Waals surface area contributed by atoms with Gasteiger partial charge in [0.05, 0.1) is 0 Å². The Kier molecular flexibility index (Phi) is 2.87. The van der Waals surface area contributed by atoms with Crippen LogP contribution in [0.15, 0.2) is 35.7 Å². The van der Waals surface area contributed by atoms with Crippen molar-refractivity contribution < 1.29 is 5.11 Å². The van der Waals surface area contributed by atoms with E-state index >= 15 is 0 Å². The molecule has 1 N–H and O–H groups in total. The van der Waals surface area contributed by atoms with Gasteiger partial charge in [0, 0.05) is 24.5 Å². The molecule has 17 heavy (non-hydrogen) atoms. The lowest BCUT2D eigenvalue weighted by molar-refractivity contribution is 0.247. The highest BCUT2D eigenvalue weighted by molar-refractivity contribution is 7.10. The van der Waals surface area contributed by atoms with E-state index in [1.165, 1.54) is 16.0 Å². The van der Waals surface area contributed by atoms with Gasteiger partial charge in [-0.25, -0.2) is 0 Å². The Hall–Kier alpha value is -1.32. The average molecular weight is 245 g/mol. The van der Waals surface area contributed by atoms with Crippen molar-refractivity contribution in [2.75, 3.05) is 6.54 Å². The molecule has 0 atom stereocenters. The molecule has 0 radical (unpaired) electrons. The Morgan fingerprint density at radius 2 is 2.24 bits per heavy atom. The fraction of sp³-hybridized carbons (Fsp3) is 0.286. The first-order valence-corrected chi connectivity index (χ1v) is 6.75. The van der Waals surface area contributed by atoms with Crippen molar-refractivity contribution in [2.45, 2.75) is 19.5 Å². The molecule has 0 saturated carbocycles. The maximum absolute atomic E-state index is 9.45. The van der Waals surface area contributed by atoms with Crippen LogP contribution in [0.5, 0.6) is 5.75 Å². The summed E-state index contributed by atoms with van der Waals surface area (Å²) >= 11 is 1.87. The topological polar surface area (TPSA) is 23.5 Å². The molecule has 0 unspecified atom stereocenters. The molecule has 1 aliphatic heterocycles. The standard InChI is InChI=1S/C14H15NOS/c16-13-3-1-2-11(8-13)9-15-6-4-14-12(10-15)5-7-17-14/h1-3,5,7-8,16H,4,6,9-10H2. The van der Waals surface area contributed by atoms with E-state index in [4.69, 9.17) is 0 Å². The summed E-state index contributed by atoms with van der Waals surface area (Å²) in [6.45, 7) is 3.07. The molecule has 3 rings (SSSR count). The highest BCUT2D eigenvalue weighted by atomic mass is 32.1. The van der Waals surface area contributed by atoms with E-state index in [0.29, 0.717) is 5.75 Å². The summed E-state index contributed by atoms with van der Waals surface area (Å²) in [5.74, 6) is 0.357. The molecule has 1 aromatic heterocycles. The Labute approximate surface area is 105 Å². The lowest BCUT2D eigenvalue weighted by atomic mass is 10.1. The van der Waals surface area contributed by atoms with E-state index in [1.807, 2.05) is 23.5 Å². The van der Waals surface area contributed by atoms with E-state index in [2.05, 4.69) is 22.4 Å². The summed E-state index contributed by atoms with van der Waals surface area (Å²) < 4.78 is 0. The van der Waals surface area contributed by atoms with Gasteiger partial charge in [0.15, 0.2) is 0 Å². The number of thiophene rings is 1. The minimum absolute atomic E-state index is 0.357. The van der Waals surface area contributed by atoms with Gasteiger partial charge in [-0.3, -0.25) is 4.90 Å². The first-order valence-electron chi connectivity index (χ1n) is 5.87. The molecular weight excluding hydrogens is 230 g/mol. The lowest BCUT2D eigenvalue weighted by Gasteiger charge is -2.26. The van der Waals surface area contributed by atoms with Gasteiger partial charge in [-0.1, -0.05) is 12.1 Å². The fourth-order valence-corrected chi connectivity index (χ4v) is 3.24. The molecule has 2 aromatic rings. The van der Waals surface area contributed by atoms with Crippen molar-refractivity contribution in [3.63, 3.8) is 0 Å². The summed E-state index contributed by atoms with van der Waals surface area (Å²) in [4.78, 5) is 3.97. The maximum Gasteiger partial charge on any atom is 0.115 e. The minimum Gasteiger partial charge on any atom is -0.508 e. The van der Waals surface area contributed by atoms with E-state index in [0.717, 1.165) is 26.1 Å². The van der Waals surface area contributed by atoms with Crippen molar-refractivity contribution in [3.05, 3.63) is 51.7 Å². The van der Waals surface area contributed by atoms with Crippen LogP contribution in [0.4, 0.5) is 0 Å². The highest BCUT2D eigenvalue weighted by Crippen LogP contribution is 2.25. The SMILES string of the molecule is Oc1cccc(CN2CCc3sccc3C2)c1. The Morgan fingerprint density at radius 1 is 1.29 bits per heavy atom. The summed E-state index contributed by atoms with van der Waals surface area (Å²) in [6.07, 6.45) is 1.16. The first-order chi connectivity index (χ1) is 8.31. The van der Waals surface area contributed by atoms with Crippen LogP contribution in [0.3, 0.4) is 0 Å². The zero-order chi connectivity index (χ0) is 11.7. The maximum atomic E-state index is 9.45. The molecule has 0 spiro atoms. The molecule has 0 amide bonds. The number of hydrogen-bond acceptors (Lipinski definition) is 3. The Morgan fingerprint density at radius 3 is 3.12 bits per heavy atom. The van der Waals surface area contributed by atoms with E-state index in [-0.39, 0.29) is 0 Å². The number of phenolic OH excluding ortho intramolecular Hbond substituents is 1. The monoisotopic (exact) mass is 245 g/mol. The number of hydrogen-bond donors (Lipinski definition) is 1. The van der Waals surface area contributed by atoms with E-state index in [1.54, 1.807) is 6.07 Å². The highest BCUT2D eigenvalue weighted by Gasteiger charge is 2.16. The number of phenols is 1. The van der Waals surface area contributed by atoms with Crippen LogP contribution in [0, 0.1) is 0 Å². The van der Waals surface area contributed by atoms with Crippen LogP contribution >= 0.6 is 11.3 Å². The second-order valence-corrected chi connectivity index (χ2v) is 5.50. The van der Waals surface area contributed by atoms with Gasteiger partial charge in [0.2, 0.25) is 0 Å². The van der Waals surface area contributed by atoms with Crippen molar-refractivity contribution in [2.24, 2.45) is 0 Å². The molecule has 1 aliphatic rings. The molecule has 88 valence electrons. The predicted octanol–water partition coefficient (Wildman–Crippen LogP) is 3.01. The van der Waals surface area contributed by atoms with Crippen molar-refractivity contribution in [1.82, 2.24) is 4.90 Å². The van der Waals surface area contributed by atoms with Crippen LogP contribution in [-0.4, -0.2) is 16.6 Å². The van der Waals surface area contributed by atoms with Crippen LogP contribution in [0.1, 0.15) is 16.0 Å². The van der Waals surface area contributed by atoms with Gasteiger partial charge in [-0.2, -0.15) is 0 Å². The Bertz CT molecular complexity index is 520.